The molecule has 4 heteroatoms. The zero-order chi connectivity index (χ0) is 12.3. The molecule has 0 spiro atoms. The lowest BCUT2D eigenvalue weighted by Crippen LogP contribution is -2.09. The molecule has 0 unspecified atom stereocenters. The van der Waals surface area contributed by atoms with Crippen LogP contribution in [0, 0.1) is 0 Å². The quantitative estimate of drug-likeness (QED) is 0.601. The highest BCUT2D eigenvalue weighted by molar-refractivity contribution is 6.39. The second-order valence-corrected chi connectivity index (χ2v) is 4.11. The van der Waals surface area contributed by atoms with Gasteiger partial charge in [0.2, 0.25) is 0 Å². The minimum atomic E-state index is -0.563. The Morgan fingerprint density at radius 1 is 0.882 bits per heavy atom. The molecule has 2 nitrogen and oxygen atoms in total. The summed E-state index contributed by atoms with van der Waals surface area (Å²) in [4.78, 5) is 11.9. The molecule has 0 bridgehead atoms. The van der Waals surface area contributed by atoms with E-state index >= 15 is 0 Å². The molecule has 2 aromatic carbocycles. The Morgan fingerprint density at radius 2 is 1.47 bits per heavy atom. The first kappa shape index (κ1) is 12.0. The van der Waals surface area contributed by atoms with Crippen molar-refractivity contribution in [3.8, 4) is 5.75 Å². The molecule has 0 saturated carbocycles. The van der Waals surface area contributed by atoms with Crippen LogP contribution in [0.5, 0.6) is 5.75 Å². The largest absolute Gasteiger partial charge is 0.423 e. The Hall–Kier alpha value is -1.51. The number of esters is 1. The maximum Gasteiger partial charge on any atom is 0.346 e. The van der Waals surface area contributed by atoms with Crippen LogP contribution in [0.2, 0.25) is 10.0 Å². The van der Waals surface area contributed by atoms with Gasteiger partial charge in [0, 0.05) is 0 Å². The molecule has 17 heavy (non-hydrogen) atoms. The average molecular weight is 267 g/mol. The summed E-state index contributed by atoms with van der Waals surface area (Å²) in [5.41, 5.74) is 0.180. The molecular formula is C13H8Cl2O2. The minimum Gasteiger partial charge on any atom is -0.423 e. The van der Waals surface area contributed by atoms with Crippen molar-refractivity contribution in [3.63, 3.8) is 0 Å². The number of carbonyl (C=O) groups excluding carboxylic acids is 1. The molecule has 0 fully saturated rings. The molecule has 0 aliphatic heterocycles. The van der Waals surface area contributed by atoms with Crippen molar-refractivity contribution in [2.24, 2.45) is 0 Å². The van der Waals surface area contributed by atoms with Gasteiger partial charge in [-0.15, -0.1) is 0 Å². The smallest absolute Gasteiger partial charge is 0.346 e. The summed E-state index contributed by atoms with van der Waals surface area (Å²) in [7, 11) is 0. The molecule has 0 amide bonds. The summed E-state index contributed by atoms with van der Waals surface area (Å²) < 4.78 is 5.15. The highest BCUT2D eigenvalue weighted by Crippen LogP contribution is 2.25. The van der Waals surface area contributed by atoms with E-state index in [1.165, 1.54) is 0 Å². The molecule has 0 aliphatic rings. The molecule has 2 rings (SSSR count). The summed E-state index contributed by atoms with van der Waals surface area (Å²) in [5.74, 6) is -0.111. The fraction of sp³-hybridized carbons (Fsp3) is 0. The highest BCUT2D eigenvalue weighted by atomic mass is 35.5. The fourth-order valence-corrected chi connectivity index (χ4v) is 1.89. The Kier molecular flexibility index (Phi) is 3.67. The summed E-state index contributed by atoms with van der Waals surface area (Å²) in [6.07, 6.45) is 0. The summed E-state index contributed by atoms with van der Waals surface area (Å²) >= 11 is 11.8. The van der Waals surface area contributed by atoms with Crippen LogP contribution >= 0.6 is 23.2 Å². The van der Waals surface area contributed by atoms with Gasteiger partial charge >= 0.3 is 5.97 Å². The average Bonchev–Trinajstić information content (AvgIpc) is 2.30. The first-order valence-corrected chi connectivity index (χ1v) is 5.65. The van der Waals surface area contributed by atoms with E-state index in [0.717, 1.165) is 0 Å². The molecule has 0 atom stereocenters. The SMILES string of the molecule is O=C(Oc1ccccc1)c1c(Cl)cccc1Cl. The minimum absolute atomic E-state index is 0.180. The van der Waals surface area contributed by atoms with Crippen molar-refractivity contribution in [3.05, 3.63) is 64.1 Å². The van der Waals surface area contributed by atoms with Gasteiger partial charge < -0.3 is 4.74 Å². The van der Waals surface area contributed by atoms with Crippen LogP contribution in [-0.2, 0) is 0 Å². The van der Waals surface area contributed by atoms with Crippen LogP contribution in [-0.4, -0.2) is 5.97 Å². The zero-order valence-electron chi connectivity index (χ0n) is 8.69. The molecule has 0 N–H and O–H groups in total. The topological polar surface area (TPSA) is 26.3 Å². The van der Waals surface area contributed by atoms with Gasteiger partial charge in [0.05, 0.1) is 15.6 Å². The Balaban J connectivity index is 2.27. The van der Waals surface area contributed by atoms with Gasteiger partial charge in [0.25, 0.3) is 0 Å². The van der Waals surface area contributed by atoms with Gasteiger partial charge in [-0.05, 0) is 24.3 Å². The van der Waals surface area contributed by atoms with Crippen LogP contribution in [0.3, 0.4) is 0 Å². The number of carbonyl (C=O) groups is 1. The Bertz CT molecular complexity index is 518. The van der Waals surface area contributed by atoms with E-state index in [-0.39, 0.29) is 15.6 Å². The summed E-state index contributed by atoms with van der Waals surface area (Å²) in [5, 5.41) is 0.553. The highest BCUT2D eigenvalue weighted by Gasteiger charge is 2.16. The van der Waals surface area contributed by atoms with E-state index in [1.807, 2.05) is 6.07 Å². The van der Waals surface area contributed by atoms with Gasteiger partial charge in [-0.2, -0.15) is 0 Å². The van der Waals surface area contributed by atoms with Crippen molar-refractivity contribution in [1.29, 1.82) is 0 Å². The number of benzene rings is 2. The van der Waals surface area contributed by atoms with E-state index in [1.54, 1.807) is 42.5 Å². The third-order valence-electron chi connectivity index (χ3n) is 2.12. The van der Waals surface area contributed by atoms with Gasteiger partial charge in [0.15, 0.2) is 0 Å². The Morgan fingerprint density at radius 3 is 2.06 bits per heavy atom. The van der Waals surface area contributed by atoms with Gasteiger partial charge in [-0.3, -0.25) is 0 Å². The Labute approximate surface area is 109 Å². The van der Waals surface area contributed by atoms with Crippen molar-refractivity contribution in [2.45, 2.75) is 0 Å². The number of rotatable bonds is 2. The molecule has 2 aromatic rings. The predicted octanol–water partition coefficient (Wildman–Crippen LogP) is 4.21. The third-order valence-corrected chi connectivity index (χ3v) is 2.75. The molecule has 0 heterocycles. The van der Waals surface area contributed by atoms with Gasteiger partial charge in [-0.1, -0.05) is 47.5 Å². The molecule has 0 radical (unpaired) electrons. The van der Waals surface area contributed by atoms with Crippen molar-refractivity contribution >= 4 is 29.2 Å². The maximum atomic E-state index is 11.9. The van der Waals surface area contributed by atoms with Crippen LogP contribution in [0.1, 0.15) is 10.4 Å². The van der Waals surface area contributed by atoms with Crippen molar-refractivity contribution in [2.75, 3.05) is 0 Å². The molecule has 0 aromatic heterocycles. The second-order valence-electron chi connectivity index (χ2n) is 3.30. The number of ether oxygens (including phenoxy) is 1. The summed E-state index contributed by atoms with van der Waals surface area (Å²) in [6.45, 7) is 0. The van der Waals surface area contributed by atoms with E-state index in [2.05, 4.69) is 0 Å². The molecule has 86 valence electrons. The van der Waals surface area contributed by atoms with Crippen LogP contribution in [0.15, 0.2) is 48.5 Å². The molecular weight excluding hydrogens is 259 g/mol. The standard InChI is InChI=1S/C13H8Cl2O2/c14-10-7-4-8-11(15)12(10)13(16)17-9-5-2-1-3-6-9/h1-8H. The maximum absolute atomic E-state index is 11.9. The van der Waals surface area contributed by atoms with E-state index in [4.69, 9.17) is 27.9 Å². The van der Waals surface area contributed by atoms with E-state index in [0.29, 0.717) is 5.75 Å². The lowest BCUT2D eigenvalue weighted by Gasteiger charge is -2.06. The molecule has 0 aliphatic carbocycles. The third kappa shape index (κ3) is 2.78. The van der Waals surface area contributed by atoms with Crippen molar-refractivity contribution in [1.82, 2.24) is 0 Å². The normalized spacial score (nSPS) is 10.0. The molecule has 0 saturated heterocycles. The number of para-hydroxylation sites is 1. The van der Waals surface area contributed by atoms with E-state index < -0.39 is 5.97 Å². The number of hydrogen-bond acceptors (Lipinski definition) is 2. The second kappa shape index (κ2) is 5.21. The van der Waals surface area contributed by atoms with Gasteiger partial charge in [-0.25, -0.2) is 4.79 Å². The number of halogens is 2. The zero-order valence-corrected chi connectivity index (χ0v) is 10.2. The lowest BCUT2D eigenvalue weighted by atomic mass is 10.2. The van der Waals surface area contributed by atoms with Crippen LogP contribution in [0.4, 0.5) is 0 Å². The summed E-state index contributed by atoms with van der Waals surface area (Å²) in [6, 6.07) is 13.6. The first-order chi connectivity index (χ1) is 8.18. The van der Waals surface area contributed by atoms with Crippen LogP contribution < -0.4 is 4.74 Å². The fourth-order valence-electron chi connectivity index (χ4n) is 1.34. The lowest BCUT2D eigenvalue weighted by molar-refractivity contribution is 0.0735. The van der Waals surface area contributed by atoms with E-state index in [9.17, 15) is 4.79 Å². The van der Waals surface area contributed by atoms with Gasteiger partial charge in [0.1, 0.15) is 5.75 Å². The number of hydrogen-bond donors (Lipinski definition) is 0. The monoisotopic (exact) mass is 266 g/mol. The first-order valence-electron chi connectivity index (χ1n) is 4.90. The van der Waals surface area contributed by atoms with Crippen LogP contribution in [0.25, 0.3) is 0 Å². The van der Waals surface area contributed by atoms with Crippen molar-refractivity contribution < 1.29 is 9.53 Å². The predicted molar refractivity (Wildman–Crippen MR) is 67.9 cm³/mol.